The quantitative estimate of drug-likeness (QED) is 0.727. The SMILES string of the molecule is CN(CCOCCO)c1ccccc1C#N. The summed E-state index contributed by atoms with van der Waals surface area (Å²) in [6, 6.07) is 9.60. The molecule has 0 fully saturated rings. The van der Waals surface area contributed by atoms with Gasteiger partial charge < -0.3 is 14.7 Å². The molecule has 16 heavy (non-hydrogen) atoms. The van der Waals surface area contributed by atoms with Gasteiger partial charge >= 0.3 is 0 Å². The molecule has 86 valence electrons. The van der Waals surface area contributed by atoms with Crippen molar-refractivity contribution in [3.8, 4) is 6.07 Å². The molecule has 1 aromatic rings. The van der Waals surface area contributed by atoms with Crippen molar-refractivity contribution in [2.24, 2.45) is 0 Å². The largest absolute Gasteiger partial charge is 0.394 e. The van der Waals surface area contributed by atoms with Crippen molar-refractivity contribution in [3.05, 3.63) is 29.8 Å². The Kier molecular flexibility index (Phi) is 5.34. The first-order valence-corrected chi connectivity index (χ1v) is 5.18. The lowest BCUT2D eigenvalue weighted by Gasteiger charge is -2.20. The van der Waals surface area contributed by atoms with Crippen molar-refractivity contribution in [2.45, 2.75) is 0 Å². The average Bonchev–Trinajstić information content (AvgIpc) is 2.34. The van der Waals surface area contributed by atoms with E-state index < -0.39 is 0 Å². The zero-order valence-electron chi connectivity index (χ0n) is 9.39. The number of aliphatic hydroxyl groups is 1. The lowest BCUT2D eigenvalue weighted by molar-refractivity contribution is 0.0971. The number of benzene rings is 1. The van der Waals surface area contributed by atoms with Crippen LogP contribution in [0.15, 0.2) is 24.3 Å². The highest BCUT2D eigenvalue weighted by Gasteiger charge is 2.05. The average molecular weight is 220 g/mol. The predicted molar refractivity (Wildman–Crippen MR) is 62.3 cm³/mol. The van der Waals surface area contributed by atoms with Crippen LogP contribution in [-0.4, -0.2) is 38.5 Å². The van der Waals surface area contributed by atoms with Crippen LogP contribution in [0.25, 0.3) is 0 Å². The molecule has 0 aliphatic carbocycles. The molecule has 0 aliphatic rings. The molecule has 0 bridgehead atoms. The van der Waals surface area contributed by atoms with Gasteiger partial charge in [0.1, 0.15) is 6.07 Å². The van der Waals surface area contributed by atoms with E-state index in [-0.39, 0.29) is 6.61 Å². The molecule has 0 unspecified atom stereocenters. The van der Waals surface area contributed by atoms with Crippen molar-refractivity contribution in [1.29, 1.82) is 5.26 Å². The van der Waals surface area contributed by atoms with Gasteiger partial charge in [-0.05, 0) is 12.1 Å². The van der Waals surface area contributed by atoms with E-state index in [0.29, 0.717) is 25.3 Å². The Morgan fingerprint density at radius 1 is 1.38 bits per heavy atom. The lowest BCUT2D eigenvalue weighted by Crippen LogP contribution is -2.23. The van der Waals surface area contributed by atoms with Gasteiger partial charge in [0.15, 0.2) is 0 Å². The number of hydrogen-bond acceptors (Lipinski definition) is 4. The summed E-state index contributed by atoms with van der Waals surface area (Å²) in [6.45, 7) is 1.63. The van der Waals surface area contributed by atoms with Crippen molar-refractivity contribution in [2.75, 3.05) is 38.3 Å². The lowest BCUT2D eigenvalue weighted by atomic mass is 10.2. The van der Waals surface area contributed by atoms with Crippen LogP contribution in [-0.2, 0) is 4.74 Å². The van der Waals surface area contributed by atoms with E-state index in [1.54, 1.807) is 6.07 Å². The second-order valence-corrected chi connectivity index (χ2v) is 3.39. The summed E-state index contributed by atoms with van der Waals surface area (Å²) in [6.07, 6.45) is 0. The summed E-state index contributed by atoms with van der Waals surface area (Å²) in [4.78, 5) is 1.97. The van der Waals surface area contributed by atoms with Crippen LogP contribution in [0.2, 0.25) is 0 Å². The molecule has 0 spiro atoms. The van der Waals surface area contributed by atoms with Gasteiger partial charge in [0.05, 0.1) is 31.1 Å². The summed E-state index contributed by atoms with van der Waals surface area (Å²) in [5.41, 5.74) is 1.56. The fourth-order valence-corrected chi connectivity index (χ4v) is 1.39. The van der Waals surface area contributed by atoms with Crippen LogP contribution in [0.4, 0.5) is 5.69 Å². The van der Waals surface area contributed by atoms with E-state index in [4.69, 9.17) is 15.1 Å². The molecule has 1 rings (SSSR count). The summed E-state index contributed by atoms with van der Waals surface area (Å²) in [5, 5.41) is 17.5. The Bertz CT molecular complexity index is 360. The Labute approximate surface area is 95.7 Å². The number of anilines is 1. The Balaban J connectivity index is 2.52. The number of ether oxygens (including phenoxy) is 1. The molecule has 0 amide bonds. The number of nitriles is 1. The monoisotopic (exact) mass is 220 g/mol. The standard InChI is InChI=1S/C12H16N2O2/c1-14(6-8-16-9-7-15)12-5-3-2-4-11(12)10-13/h2-5,15H,6-9H2,1H3. The summed E-state index contributed by atoms with van der Waals surface area (Å²) in [5.74, 6) is 0. The first-order chi connectivity index (χ1) is 7.79. The van der Waals surface area contributed by atoms with E-state index in [0.717, 1.165) is 5.69 Å². The van der Waals surface area contributed by atoms with E-state index in [1.165, 1.54) is 0 Å². The fourth-order valence-electron chi connectivity index (χ4n) is 1.39. The Morgan fingerprint density at radius 3 is 2.81 bits per heavy atom. The van der Waals surface area contributed by atoms with E-state index >= 15 is 0 Å². The number of likely N-dealkylation sites (N-methyl/N-ethyl adjacent to an activating group) is 1. The maximum absolute atomic E-state index is 8.94. The van der Waals surface area contributed by atoms with Gasteiger partial charge in [0, 0.05) is 13.6 Å². The maximum atomic E-state index is 8.94. The Morgan fingerprint density at radius 2 is 2.12 bits per heavy atom. The second-order valence-electron chi connectivity index (χ2n) is 3.39. The normalized spacial score (nSPS) is 9.81. The number of nitrogens with zero attached hydrogens (tertiary/aromatic N) is 2. The summed E-state index contributed by atoms with van der Waals surface area (Å²) >= 11 is 0. The molecule has 0 saturated carbocycles. The third-order valence-electron chi connectivity index (χ3n) is 2.24. The third-order valence-corrected chi connectivity index (χ3v) is 2.24. The van der Waals surface area contributed by atoms with Gasteiger partial charge in [0.2, 0.25) is 0 Å². The summed E-state index contributed by atoms with van der Waals surface area (Å²) < 4.78 is 5.17. The molecule has 4 heteroatoms. The van der Waals surface area contributed by atoms with Gasteiger partial charge in [-0.15, -0.1) is 0 Å². The molecule has 1 N–H and O–H groups in total. The molecule has 4 nitrogen and oxygen atoms in total. The Hall–Kier alpha value is -1.57. The molecule has 0 aliphatic heterocycles. The van der Waals surface area contributed by atoms with E-state index in [2.05, 4.69) is 6.07 Å². The van der Waals surface area contributed by atoms with Gasteiger partial charge in [-0.3, -0.25) is 0 Å². The van der Waals surface area contributed by atoms with Crippen LogP contribution < -0.4 is 4.90 Å². The van der Waals surface area contributed by atoms with Crippen LogP contribution in [0.3, 0.4) is 0 Å². The molecule has 0 heterocycles. The molecule has 0 saturated heterocycles. The smallest absolute Gasteiger partial charge is 0.101 e. The molecule has 0 aromatic heterocycles. The third kappa shape index (κ3) is 3.54. The van der Waals surface area contributed by atoms with Crippen molar-refractivity contribution in [3.63, 3.8) is 0 Å². The van der Waals surface area contributed by atoms with Gasteiger partial charge in [-0.2, -0.15) is 5.26 Å². The minimum Gasteiger partial charge on any atom is -0.394 e. The fraction of sp³-hybridized carbons (Fsp3) is 0.417. The highest BCUT2D eigenvalue weighted by molar-refractivity contribution is 5.58. The highest BCUT2D eigenvalue weighted by Crippen LogP contribution is 2.17. The van der Waals surface area contributed by atoms with E-state index in [9.17, 15) is 0 Å². The van der Waals surface area contributed by atoms with Crippen molar-refractivity contribution < 1.29 is 9.84 Å². The molecular weight excluding hydrogens is 204 g/mol. The number of hydrogen-bond donors (Lipinski definition) is 1. The van der Waals surface area contributed by atoms with Gasteiger partial charge in [0.25, 0.3) is 0 Å². The van der Waals surface area contributed by atoms with Gasteiger partial charge in [-0.25, -0.2) is 0 Å². The minimum absolute atomic E-state index is 0.0402. The first kappa shape index (κ1) is 12.5. The highest BCUT2D eigenvalue weighted by atomic mass is 16.5. The summed E-state index contributed by atoms with van der Waals surface area (Å²) in [7, 11) is 1.92. The number of para-hydroxylation sites is 1. The van der Waals surface area contributed by atoms with Crippen LogP contribution >= 0.6 is 0 Å². The van der Waals surface area contributed by atoms with Crippen molar-refractivity contribution >= 4 is 5.69 Å². The molecular formula is C12H16N2O2. The second kappa shape index (κ2) is 6.83. The molecule has 0 atom stereocenters. The topological polar surface area (TPSA) is 56.5 Å². The van der Waals surface area contributed by atoms with E-state index in [1.807, 2.05) is 30.1 Å². The number of rotatable bonds is 6. The van der Waals surface area contributed by atoms with Crippen LogP contribution in [0, 0.1) is 11.3 Å². The van der Waals surface area contributed by atoms with Crippen LogP contribution in [0.5, 0.6) is 0 Å². The zero-order valence-corrected chi connectivity index (χ0v) is 9.39. The molecule has 1 aromatic carbocycles. The van der Waals surface area contributed by atoms with Gasteiger partial charge in [-0.1, -0.05) is 12.1 Å². The van der Waals surface area contributed by atoms with Crippen molar-refractivity contribution in [1.82, 2.24) is 0 Å². The minimum atomic E-state index is 0.0402. The maximum Gasteiger partial charge on any atom is 0.101 e. The number of aliphatic hydroxyl groups excluding tert-OH is 1. The zero-order chi connectivity index (χ0) is 11.8. The van der Waals surface area contributed by atoms with Crippen LogP contribution in [0.1, 0.15) is 5.56 Å². The predicted octanol–water partition coefficient (Wildman–Crippen LogP) is 1.00. The molecule has 0 radical (unpaired) electrons. The first-order valence-electron chi connectivity index (χ1n) is 5.18.